The van der Waals surface area contributed by atoms with E-state index < -0.39 is 17.8 Å². The van der Waals surface area contributed by atoms with Gasteiger partial charge in [-0.1, -0.05) is 12.1 Å². The number of benzene rings is 1. The third-order valence-electron chi connectivity index (χ3n) is 4.01. The lowest BCUT2D eigenvalue weighted by Gasteiger charge is -2.39. The molecule has 0 amide bonds. The van der Waals surface area contributed by atoms with Gasteiger partial charge in [-0.05, 0) is 31.5 Å². The van der Waals surface area contributed by atoms with Crippen molar-refractivity contribution in [3.63, 3.8) is 0 Å². The van der Waals surface area contributed by atoms with Crippen molar-refractivity contribution in [3.05, 3.63) is 41.6 Å². The van der Waals surface area contributed by atoms with Gasteiger partial charge in [-0.25, -0.2) is 14.8 Å². The Labute approximate surface area is 135 Å². The second-order valence-corrected chi connectivity index (χ2v) is 5.65. The molecule has 0 saturated carbocycles. The summed E-state index contributed by atoms with van der Waals surface area (Å²) in [4.78, 5) is 20.5. The van der Waals surface area contributed by atoms with Crippen molar-refractivity contribution in [2.45, 2.75) is 25.6 Å². The number of carbonyl (C=O) groups is 1. The average Bonchev–Trinajstić information content (AvgIpc) is 2.52. The number of halogens is 3. The molecule has 0 radical (unpaired) electrons. The Morgan fingerprint density at radius 1 is 1.25 bits per heavy atom. The Morgan fingerprint density at radius 2 is 1.92 bits per heavy atom. The zero-order chi connectivity index (χ0) is 17.5. The molecule has 2 aromatic rings. The molecule has 2 heterocycles. The first-order valence-corrected chi connectivity index (χ1v) is 7.32. The fourth-order valence-corrected chi connectivity index (χ4v) is 2.45. The van der Waals surface area contributed by atoms with E-state index in [1.165, 1.54) is 24.3 Å². The predicted molar refractivity (Wildman–Crippen MR) is 80.9 cm³/mol. The van der Waals surface area contributed by atoms with E-state index in [4.69, 9.17) is 5.11 Å². The van der Waals surface area contributed by atoms with Crippen molar-refractivity contribution in [1.29, 1.82) is 0 Å². The molecular weight excluding hydrogens is 323 g/mol. The van der Waals surface area contributed by atoms with Crippen molar-refractivity contribution in [2.24, 2.45) is 0 Å². The summed E-state index contributed by atoms with van der Waals surface area (Å²) < 4.78 is 39.4. The summed E-state index contributed by atoms with van der Waals surface area (Å²) in [5, 5.41) is 8.90. The summed E-state index contributed by atoms with van der Waals surface area (Å²) in [6.45, 7) is 2.51. The minimum Gasteiger partial charge on any atom is -0.478 e. The summed E-state index contributed by atoms with van der Waals surface area (Å²) in [5.74, 6) is -1.06. The van der Waals surface area contributed by atoms with Gasteiger partial charge in [-0.15, -0.1) is 0 Å². The summed E-state index contributed by atoms with van der Waals surface area (Å²) >= 11 is 0. The number of carboxylic acids is 1. The van der Waals surface area contributed by atoms with Gasteiger partial charge in [0.25, 0.3) is 0 Å². The van der Waals surface area contributed by atoms with Crippen LogP contribution < -0.4 is 4.90 Å². The van der Waals surface area contributed by atoms with Crippen molar-refractivity contribution in [2.75, 3.05) is 11.4 Å². The zero-order valence-electron chi connectivity index (χ0n) is 12.7. The van der Waals surface area contributed by atoms with Crippen LogP contribution in [0.1, 0.15) is 29.4 Å². The Bertz CT molecular complexity index is 775. The first kappa shape index (κ1) is 16.2. The Morgan fingerprint density at radius 3 is 2.38 bits per heavy atom. The standard InChI is InChI=1S/C16H14F3N3O2/c1-9-6-7-22(9)15-20-12(8-13(21-15)16(17,18)19)10-2-4-11(5-3-10)14(23)24/h2-5,8-9H,6-7H2,1H3,(H,23,24). The van der Waals surface area contributed by atoms with Crippen molar-refractivity contribution < 1.29 is 23.1 Å². The molecule has 1 saturated heterocycles. The predicted octanol–water partition coefficient (Wildman–Crippen LogP) is 3.46. The van der Waals surface area contributed by atoms with Crippen LogP contribution >= 0.6 is 0 Å². The van der Waals surface area contributed by atoms with Gasteiger partial charge in [0.05, 0.1) is 11.3 Å². The maximum atomic E-state index is 13.1. The van der Waals surface area contributed by atoms with E-state index >= 15 is 0 Å². The van der Waals surface area contributed by atoms with Crippen LogP contribution in [0.15, 0.2) is 30.3 Å². The quantitative estimate of drug-likeness (QED) is 0.929. The number of anilines is 1. The lowest BCUT2D eigenvalue weighted by atomic mass is 10.1. The van der Waals surface area contributed by atoms with E-state index in [0.717, 1.165) is 12.5 Å². The smallest absolute Gasteiger partial charge is 0.433 e. The highest BCUT2D eigenvalue weighted by Crippen LogP contribution is 2.33. The number of aromatic nitrogens is 2. The van der Waals surface area contributed by atoms with E-state index in [1.54, 1.807) is 4.90 Å². The van der Waals surface area contributed by atoms with Crippen LogP contribution in [0.4, 0.5) is 19.1 Å². The molecule has 0 aliphatic carbocycles. The fraction of sp³-hybridized carbons (Fsp3) is 0.312. The first-order valence-electron chi connectivity index (χ1n) is 7.32. The molecule has 1 aliphatic rings. The van der Waals surface area contributed by atoms with Crippen LogP contribution in [-0.2, 0) is 6.18 Å². The van der Waals surface area contributed by atoms with Crippen LogP contribution in [0.2, 0.25) is 0 Å². The summed E-state index contributed by atoms with van der Waals surface area (Å²) in [7, 11) is 0. The van der Waals surface area contributed by atoms with Gasteiger partial charge in [0.1, 0.15) is 0 Å². The molecule has 8 heteroatoms. The summed E-state index contributed by atoms with van der Waals surface area (Å²) in [5.41, 5.74) is -0.435. The second-order valence-electron chi connectivity index (χ2n) is 5.65. The van der Waals surface area contributed by atoms with Crippen LogP contribution in [0.3, 0.4) is 0 Å². The molecule has 3 rings (SSSR count). The molecular formula is C16H14F3N3O2. The van der Waals surface area contributed by atoms with Crippen LogP contribution in [0.25, 0.3) is 11.3 Å². The molecule has 5 nitrogen and oxygen atoms in total. The Kier molecular flexibility index (Phi) is 3.90. The normalized spacial score (nSPS) is 17.5. The highest BCUT2D eigenvalue weighted by Gasteiger charge is 2.35. The third kappa shape index (κ3) is 3.04. The number of alkyl halides is 3. The minimum absolute atomic E-state index is 0.0425. The molecule has 24 heavy (non-hydrogen) atoms. The molecule has 1 aliphatic heterocycles. The Hall–Kier alpha value is -2.64. The number of hydrogen-bond acceptors (Lipinski definition) is 4. The van der Waals surface area contributed by atoms with Gasteiger partial charge < -0.3 is 10.0 Å². The average molecular weight is 337 g/mol. The molecule has 1 fully saturated rings. The van der Waals surface area contributed by atoms with Gasteiger partial charge >= 0.3 is 12.1 Å². The molecule has 1 aromatic heterocycles. The van der Waals surface area contributed by atoms with Crippen LogP contribution in [0.5, 0.6) is 0 Å². The molecule has 1 aromatic carbocycles. The van der Waals surface area contributed by atoms with Crippen LogP contribution in [-0.4, -0.2) is 33.6 Å². The largest absolute Gasteiger partial charge is 0.478 e. The van der Waals surface area contributed by atoms with Crippen molar-refractivity contribution in [1.82, 2.24) is 9.97 Å². The van der Waals surface area contributed by atoms with E-state index in [2.05, 4.69) is 9.97 Å². The topological polar surface area (TPSA) is 66.3 Å². The maximum absolute atomic E-state index is 13.1. The number of hydrogen-bond donors (Lipinski definition) is 1. The lowest BCUT2D eigenvalue weighted by Crippen LogP contribution is -2.46. The zero-order valence-corrected chi connectivity index (χ0v) is 12.7. The second kappa shape index (κ2) is 5.77. The first-order chi connectivity index (χ1) is 11.3. The van der Waals surface area contributed by atoms with E-state index in [1.807, 2.05) is 6.92 Å². The number of rotatable bonds is 3. The SMILES string of the molecule is CC1CCN1c1nc(-c2ccc(C(=O)O)cc2)cc(C(F)(F)F)n1. The molecule has 126 valence electrons. The molecule has 0 spiro atoms. The van der Waals surface area contributed by atoms with E-state index in [0.29, 0.717) is 12.1 Å². The molecule has 1 atom stereocenters. The summed E-state index contributed by atoms with van der Waals surface area (Å²) in [6.07, 6.45) is -3.70. The molecule has 1 unspecified atom stereocenters. The third-order valence-corrected chi connectivity index (χ3v) is 4.01. The molecule has 0 bridgehead atoms. The van der Waals surface area contributed by atoms with Gasteiger partial charge in [0, 0.05) is 18.2 Å². The summed E-state index contributed by atoms with van der Waals surface area (Å²) in [6, 6.07) is 6.52. The van der Waals surface area contributed by atoms with Gasteiger partial charge in [-0.2, -0.15) is 13.2 Å². The fourth-order valence-electron chi connectivity index (χ4n) is 2.45. The van der Waals surface area contributed by atoms with Crippen molar-refractivity contribution >= 4 is 11.9 Å². The van der Waals surface area contributed by atoms with Gasteiger partial charge in [0.15, 0.2) is 5.69 Å². The van der Waals surface area contributed by atoms with Gasteiger partial charge in [0.2, 0.25) is 5.95 Å². The van der Waals surface area contributed by atoms with E-state index in [9.17, 15) is 18.0 Å². The monoisotopic (exact) mass is 337 g/mol. The van der Waals surface area contributed by atoms with Gasteiger partial charge in [-0.3, -0.25) is 0 Å². The highest BCUT2D eigenvalue weighted by atomic mass is 19.4. The molecule has 1 N–H and O–H groups in total. The van der Waals surface area contributed by atoms with Crippen molar-refractivity contribution in [3.8, 4) is 11.3 Å². The number of carboxylic acid groups (broad SMARTS) is 1. The van der Waals surface area contributed by atoms with E-state index in [-0.39, 0.29) is 23.2 Å². The number of nitrogens with zero attached hydrogens (tertiary/aromatic N) is 3. The van der Waals surface area contributed by atoms with Crippen LogP contribution in [0, 0.1) is 0 Å². The maximum Gasteiger partial charge on any atom is 0.433 e. The minimum atomic E-state index is -4.58. The Balaban J connectivity index is 2.05. The number of aromatic carboxylic acids is 1. The lowest BCUT2D eigenvalue weighted by molar-refractivity contribution is -0.141. The highest BCUT2D eigenvalue weighted by molar-refractivity contribution is 5.88.